The fourth-order valence-corrected chi connectivity index (χ4v) is 4.00. The van der Waals surface area contributed by atoms with Crippen LogP contribution in [0, 0.1) is 5.92 Å². The number of methoxy groups -OCH3 is 2. The van der Waals surface area contributed by atoms with E-state index >= 15 is 0 Å². The standard InChI is InChI=1S/C18H25N5O5S/c1-26-15-5-13-14(6-16(15)27-2)21-17(12-9-28-10-12)22-18(13)23-7-11(8-23)3-4-20-29(19,24)25/h5-6,11-12,20H,3-4,7-10H2,1-2H3,(H2,19,24,25). The molecule has 0 atom stereocenters. The van der Waals surface area contributed by atoms with Crippen molar-refractivity contribution < 1.29 is 22.6 Å². The van der Waals surface area contributed by atoms with Gasteiger partial charge in [-0.05, 0) is 18.4 Å². The first kappa shape index (κ1) is 20.1. The normalized spacial score (nSPS) is 17.8. The van der Waals surface area contributed by atoms with Gasteiger partial charge in [-0.2, -0.15) is 8.42 Å². The first-order chi connectivity index (χ1) is 13.9. The number of nitrogens with zero attached hydrogens (tertiary/aromatic N) is 3. The maximum absolute atomic E-state index is 11.0. The lowest BCUT2D eigenvalue weighted by Gasteiger charge is -2.41. The van der Waals surface area contributed by atoms with E-state index in [0.717, 1.165) is 42.1 Å². The summed E-state index contributed by atoms with van der Waals surface area (Å²) < 4.78 is 40.5. The van der Waals surface area contributed by atoms with Gasteiger partial charge in [0.2, 0.25) is 0 Å². The topological polar surface area (TPSA) is 129 Å². The van der Waals surface area contributed by atoms with Crippen molar-refractivity contribution in [2.24, 2.45) is 11.1 Å². The number of rotatable bonds is 8. The monoisotopic (exact) mass is 423 g/mol. The molecule has 2 saturated heterocycles. The summed E-state index contributed by atoms with van der Waals surface area (Å²) in [5.41, 5.74) is 0.800. The Balaban J connectivity index is 1.59. The van der Waals surface area contributed by atoms with Gasteiger partial charge in [0.05, 0.1) is 38.9 Å². The Kier molecular flexibility index (Phi) is 5.47. The molecule has 11 heteroatoms. The van der Waals surface area contributed by atoms with Gasteiger partial charge in [-0.3, -0.25) is 0 Å². The van der Waals surface area contributed by atoms with E-state index in [1.807, 2.05) is 12.1 Å². The van der Waals surface area contributed by atoms with Crippen LogP contribution < -0.4 is 24.2 Å². The number of nitrogens with two attached hydrogens (primary N) is 1. The third-order valence-corrected chi connectivity index (χ3v) is 5.92. The maximum atomic E-state index is 11.0. The zero-order valence-corrected chi connectivity index (χ0v) is 17.2. The molecule has 0 bridgehead atoms. The minimum absolute atomic E-state index is 0.197. The van der Waals surface area contributed by atoms with Crippen LogP contribution in [-0.2, 0) is 14.9 Å². The van der Waals surface area contributed by atoms with E-state index in [2.05, 4.69) is 9.62 Å². The summed E-state index contributed by atoms with van der Waals surface area (Å²) >= 11 is 0. The third kappa shape index (κ3) is 4.22. The molecule has 3 heterocycles. The average Bonchev–Trinajstić information content (AvgIpc) is 2.59. The van der Waals surface area contributed by atoms with Crippen molar-refractivity contribution in [3.8, 4) is 11.5 Å². The van der Waals surface area contributed by atoms with Crippen molar-refractivity contribution in [2.45, 2.75) is 12.3 Å². The number of benzene rings is 1. The molecule has 29 heavy (non-hydrogen) atoms. The molecule has 1 aromatic carbocycles. The lowest BCUT2D eigenvalue weighted by Crippen LogP contribution is -2.48. The third-order valence-electron chi connectivity index (χ3n) is 5.31. The Hall–Kier alpha value is -2.21. The highest BCUT2D eigenvalue weighted by molar-refractivity contribution is 7.87. The number of anilines is 1. The van der Waals surface area contributed by atoms with Crippen molar-refractivity contribution in [2.75, 3.05) is 52.0 Å². The van der Waals surface area contributed by atoms with Crippen LogP contribution in [0.5, 0.6) is 11.5 Å². The van der Waals surface area contributed by atoms with Crippen molar-refractivity contribution in [1.82, 2.24) is 14.7 Å². The van der Waals surface area contributed by atoms with Crippen LogP contribution in [0.3, 0.4) is 0 Å². The molecule has 0 saturated carbocycles. The molecule has 0 unspecified atom stereocenters. The molecular formula is C18H25N5O5S. The van der Waals surface area contributed by atoms with Crippen molar-refractivity contribution in [3.05, 3.63) is 18.0 Å². The molecule has 2 aliphatic rings. The van der Waals surface area contributed by atoms with Gasteiger partial charge in [-0.15, -0.1) is 0 Å². The molecular weight excluding hydrogens is 398 g/mol. The molecule has 0 radical (unpaired) electrons. The molecule has 1 aromatic heterocycles. The molecule has 2 aromatic rings. The number of nitrogens with one attached hydrogen (secondary N) is 1. The van der Waals surface area contributed by atoms with Crippen LogP contribution in [0.4, 0.5) is 5.82 Å². The van der Waals surface area contributed by atoms with E-state index in [1.165, 1.54) is 0 Å². The first-order valence-corrected chi connectivity index (χ1v) is 11.0. The van der Waals surface area contributed by atoms with E-state index in [9.17, 15) is 8.42 Å². The first-order valence-electron chi connectivity index (χ1n) is 9.41. The van der Waals surface area contributed by atoms with Gasteiger partial charge < -0.3 is 19.1 Å². The molecule has 158 valence electrons. The number of hydrogen-bond acceptors (Lipinski definition) is 8. The van der Waals surface area contributed by atoms with Crippen LogP contribution >= 0.6 is 0 Å². The van der Waals surface area contributed by atoms with Crippen LogP contribution in [0.1, 0.15) is 18.2 Å². The van der Waals surface area contributed by atoms with E-state index in [-0.39, 0.29) is 5.92 Å². The highest BCUT2D eigenvalue weighted by Crippen LogP contribution is 2.38. The van der Waals surface area contributed by atoms with Gasteiger partial charge in [0.1, 0.15) is 11.6 Å². The molecule has 10 nitrogen and oxygen atoms in total. The maximum Gasteiger partial charge on any atom is 0.274 e. The van der Waals surface area contributed by atoms with Crippen LogP contribution in [-0.4, -0.2) is 65.5 Å². The second kappa shape index (κ2) is 7.90. The second-order valence-corrected chi connectivity index (χ2v) is 8.74. The van der Waals surface area contributed by atoms with Crippen LogP contribution in [0.15, 0.2) is 12.1 Å². The Labute approximate surface area is 169 Å². The lowest BCUT2D eigenvalue weighted by molar-refractivity contribution is 0.00501. The Morgan fingerprint density at radius 2 is 1.90 bits per heavy atom. The Morgan fingerprint density at radius 3 is 2.48 bits per heavy atom. The largest absolute Gasteiger partial charge is 0.493 e. The minimum Gasteiger partial charge on any atom is -0.493 e. The van der Waals surface area contributed by atoms with Crippen molar-refractivity contribution in [3.63, 3.8) is 0 Å². The quantitative estimate of drug-likeness (QED) is 0.623. The fraction of sp³-hybridized carbons (Fsp3) is 0.556. The zero-order valence-electron chi connectivity index (χ0n) is 16.4. The summed E-state index contributed by atoms with van der Waals surface area (Å²) in [6.45, 7) is 3.15. The zero-order chi connectivity index (χ0) is 20.6. The summed E-state index contributed by atoms with van der Waals surface area (Å²) in [5.74, 6) is 3.43. The SMILES string of the molecule is COc1cc2nc(C3COC3)nc(N3CC(CCNS(N)(=O)=O)C3)c2cc1OC. The second-order valence-electron chi connectivity index (χ2n) is 7.36. The van der Waals surface area contributed by atoms with Gasteiger partial charge in [-0.1, -0.05) is 0 Å². The van der Waals surface area contributed by atoms with Crippen molar-refractivity contribution in [1.29, 1.82) is 0 Å². The van der Waals surface area contributed by atoms with Gasteiger partial charge in [0.25, 0.3) is 10.2 Å². The molecule has 0 aliphatic carbocycles. The summed E-state index contributed by atoms with van der Waals surface area (Å²) in [6.07, 6.45) is 0.719. The van der Waals surface area contributed by atoms with E-state index in [1.54, 1.807) is 14.2 Å². The predicted octanol–water partition coefficient (Wildman–Crippen LogP) is 0.380. The Morgan fingerprint density at radius 1 is 1.21 bits per heavy atom. The van der Waals surface area contributed by atoms with Crippen LogP contribution in [0.2, 0.25) is 0 Å². The average molecular weight is 423 g/mol. The fourth-order valence-electron chi connectivity index (χ4n) is 3.60. The summed E-state index contributed by atoms with van der Waals surface area (Å²) in [5, 5.41) is 5.87. The minimum atomic E-state index is -3.65. The number of hydrogen-bond donors (Lipinski definition) is 2. The van der Waals surface area contributed by atoms with Gasteiger partial charge in [0.15, 0.2) is 11.5 Å². The molecule has 2 aliphatic heterocycles. The highest BCUT2D eigenvalue weighted by Gasteiger charge is 2.32. The molecule has 4 rings (SSSR count). The van der Waals surface area contributed by atoms with Gasteiger partial charge >= 0.3 is 0 Å². The highest BCUT2D eigenvalue weighted by atomic mass is 32.2. The molecule has 0 amide bonds. The summed E-state index contributed by atoms with van der Waals surface area (Å²) in [7, 11) is -0.447. The van der Waals surface area contributed by atoms with E-state index in [4.69, 9.17) is 29.3 Å². The smallest absolute Gasteiger partial charge is 0.274 e. The summed E-state index contributed by atoms with van der Waals surface area (Å²) in [6, 6.07) is 3.77. The lowest BCUT2D eigenvalue weighted by atomic mass is 9.96. The van der Waals surface area contributed by atoms with Gasteiger partial charge in [0, 0.05) is 31.1 Å². The molecule has 3 N–H and O–H groups in total. The van der Waals surface area contributed by atoms with E-state index < -0.39 is 10.2 Å². The van der Waals surface area contributed by atoms with E-state index in [0.29, 0.717) is 37.2 Å². The summed E-state index contributed by atoms with van der Waals surface area (Å²) in [4.78, 5) is 11.8. The Bertz CT molecular complexity index is 1010. The van der Waals surface area contributed by atoms with Crippen molar-refractivity contribution >= 4 is 26.9 Å². The predicted molar refractivity (Wildman–Crippen MR) is 108 cm³/mol. The van der Waals surface area contributed by atoms with Crippen LogP contribution in [0.25, 0.3) is 10.9 Å². The number of ether oxygens (including phenoxy) is 3. The molecule has 0 spiro atoms. The molecule has 2 fully saturated rings. The number of fused-ring (bicyclic) bond motifs is 1. The van der Waals surface area contributed by atoms with Gasteiger partial charge in [-0.25, -0.2) is 19.8 Å². The number of aromatic nitrogens is 2.